The van der Waals surface area contributed by atoms with Gasteiger partial charge in [0, 0.05) is 16.2 Å². The van der Waals surface area contributed by atoms with Crippen molar-refractivity contribution >= 4 is 21.8 Å². The second-order valence-electron chi connectivity index (χ2n) is 10.4. The molecule has 2 aliphatic carbocycles. The topological polar surface area (TPSA) is 4.93 Å². The van der Waals surface area contributed by atoms with Gasteiger partial charge in [0.2, 0.25) is 0 Å². The van der Waals surface area contributed by atoms with Crippen LogP contribution in [0.3, 0.4) is 0 Å². The van der Waals surface area contributed by atoms with E-state index in [1.807, 2.05) is 0 Å². The number of nitrogens with zero attached hydrogens (tertiary/aromatic N) is 1. The highest BCUT2D eigenvalue weighted by atomic mass is 15.0. The highest BCUT2D eigenvalue weighted by Gasteiger charge is 2.35. The van der Waals surface area contributed by atoms with Crippen molar-refractivity contribution in [2.75, 3.05) is 0 Å². The summed E-state index contributed by atoms with van der Waals surface area (Å²) in [4.78, 5) is 0. The molecule has 0 saturated carbocycles. The molecule has 0 saturated heterocycles. The van der Waals surface area contributed by atoms with E-state index < -0.39 is 0 Å². The lowest BCUT2D eigenvalue weighted by atomic mass is 9.73. The maximum absolute atomic E-state index is 2.51. The Labute approximate surface area is 200 Å². The van der Waals surface area contributed by atoms with Gasteiger partial charge in [-0.3, -0.25) is 0 Å². The van der Waals surface area contributed by atoms with Gasteiger partial charge in [-0.2, -0.15) is 0 Å². The number of fused-ring (bicyclic) bond motifs is 6. The lowest BCUT2D eigenvalue weighted by Crippen LogP contribution is -2.26. The first-order chi connectivity index (χ1) is 16.4. The molecule has 1 aliphatic heterocycles. The van der Waals surface area contributed by atoms with E-state index in [4.69, 9.17) is 0 Å². The van der Waals surface area contributed by atoms with Crippen molar-refractivity contribution in [1.82, 2.24) is 4.57 Å². The number of hydrogen-bond donors (Lipinski definition) is 0. The molecule has 34 heavy (non-hydrogen) atoms. The van der Waals surface area contributed by atoms with Crippen LogP contribution in [-0.4, -0.2) is 4.57 Å². The van der Waals surface area contributed by atoms with Crippen LogP contribution in [0.15, 0.2) is 91.0 Å². The highest BCUT2D eigenvalue weighted by Crippen LogP contribution is 2.49. The average Bonchev–Trinajstić information content (AvgIpc) is 3.26. The molecule has 0 spiro atoms. The fourth-order valence-electron chi connectivity index (χ4n) is 6.14. The van der Waals surface area contributed by atoms with Gasteiger partial charge in [0.05, 0.1) is 16.7 Å². The number of rotatable bonds is 1. The summed E-state index contributed by atoms with van der Waals surface area (Å²) in [5.41, 5.74) is 14.5. The molecule has 0 bridgehead atoms. The van der Waals surface area contributed by atoms with Crippen molar-refractivity contribution in [3.05, 3.63) is 113 Å². The van der Waals surface area contributed by atoms with Crippen LogP contribution in [0.2, 0.25) is 0 Å². The highest BCUT2D eigenvalue weighted by molar-refractivity contribution is 6.12. The molecule has 2 heterocycles. The first-order valence-electron chi connectivity index (χ1n) is 12.1. The van der Waals surface area contributed by atoms with E-state index in [1.54, 1.807) is 0 Å². The maximum atomic E-state index is 2.51. The lowest BCUT2D eigenvalue weighted by Gasteiger charge is -2.35. The molecule has 4 aromatic rings. The molecular weight excluding hydrogens is 410 g/mol. The molecule has 0 unspecified atom stereocenters. The predicted octanol–water partition coefficient (Wildman–Crippen LogP) is 8.81. The number of hydrogen-bond acceptors (Lipinski definition) is 0. The Balaban J connectivity index is 1.57. The Morgan fingerprint density at radius 1 is 0.588 bits per heavy atom. The van der Waals surface area contributed by atoms with Gasteiger partial charge < -0.3 is 4.57 Å². The van der Waals surface area contributed by atoms with E-state index in [9.17, 15) is 0 Å². The second-order valence-corrected chi connectivity index (χ2v) is 10.4. The van der Waals surface area contributed by atoms with Crippen LogP contribution in [0.4, 0.5) is 0 Å². The normalized spacial score (nSPS) is 14.1. The van der Waals surface area contributed by atoms with Crippen molar-refractivity contribution in [3.63, 3.8) is 0 Å². The largest absolute Gasteiger partial charge is 0.309 e. The molecule has 164 valence electrons. The average molecular weight is 438 g/mol. The first-order valence-corrected chi connectivity index (χ1v) is 12.1. The SMILES string of the molecule is Cc1ccc2c(c1)c1cc(C)cc3c1n2-c1ccc(-c2ccc4cccccc2-4)cc1C3(C)C. The standard InChI is InChI=1S/C33H27N/c1-20-10-14-30-26(16-20)27-17-21(2)18-29-32(27)34(30)31-15-12-23(19-28(31)33(29,3)4)25-13-11-22-8-6-5-7-9-24(22)25/h5-19H,1-4H3. The van der Waals surface area contributed by atoms with Crippen LogP contribution in [0.1, 0.15) is 36.1 Å². The third kappa shape index (κ3) is 2.50. The van der Waals surface area contributed by atoms with Gasteiger partial charge in [-0.15, -0.1) is 0 Å². The molecule has 0 atom stereocenters. The van der Waals surface area contributed by atoms with E-state index in [0.717, 1.165) is 0 Å². The minimum atomic E-state index is -0.0951. The molecular formula is C33H27N. The Hall–Kier alpha value is -3.84. The monoisotopic (exact) mass is 437 g/mol. The van der Waals surface area contributed by atoms with Crippen molar-refractivity contribution < 1.29 is 0 Å². The molecule has 1 aromatic heterocycles. The zero-order valence-electron chi connectivity index (χ0n) is 20.1. The zero-order chi connectivity index (χ0) is 23.2. The van der Waals surface area contributed by atoms with Crippen LogP contribution in [0.5, 0.6) is 0 Å². The number of benzene rings is 3. The summed E-state index contributed by atoms with van der Waals surface area (Å²) in [7, 11) is 0. The van der Waals surface area contributed by atoms with Crippen LogP contribution >= 0.6 is 0 Å². The Bertz CT molecular complexity index is 1740. The van der Waals surface area contributed by atoms with Gasteiger partial charge in [0.1, 0.15) is 0 Å². The molecule has 3 aromatic carbocycles. The van der Waals surface area contributed by atoms with E-state index >= 15 is 0 Å². The first kappa shape index (κ1) is 19.6. The van der Waals surface area contributed by atoms with Crippen molar-refractivity contribution in [3.8, 4) is 27.9 Å². The van der Waals surface area contributed by atoms with Crippen LogP contribution in [0, 0.1) is 13.8 Å². The Morgan fingerprint density at radius 3 is 2.24 bits per heavy atom. The van der Waals surface area contributed by atoms with E-state index in [1.165, 1.54) is 72.0 Å². The second kappa shape index (κ2) is 6.61. The third-order valence-electron chi connectivity index (χ3n) is 7.85. The summed E-state index contributed by atoms with van der Waals surface area (Å²) in [6.45, 7) is 9.19. The van der Waals surface area contributed by atoms with Gasteiger partial charge in [-0.1, -0.05) is 85.6 Å². The molecule has 3 aliphatic rings. The molecule has 0 radical (unpaired) electrons. The molecule has 0 amide bonds. The van der Waals surface area contributed by atoms with Gasteiger partial charge in [0.25, 0.3) is 0 Å². The molecule has 1 heteroatoms. The van der Waals surface area contributed by atoms with Crippen LogP contribution in [0.25, 0.3) is 49.7 Å². The van der Waals surface area contributed by atoms with E-state index in [0.29, 0.717) is 0 Å². The van der Waals surface area contributed by atoms with Crippen molar-refractivity contribution in [2.24, 2.45) is 0 Å². The summed E-state index contributed by atoms with van der Waals surface area (Å²) in [6, 6.07) is 34.0. The van der Waals surface area contributed by atoms with Crippen LogP contribution < -0.4 is 0 Å². The number of aryl methyl sites for hydroxylation is 2. The molecule has 0 N–H and O–H groups in total. The van der Waals surface area contributed by atoms with Crippen molar-refractivity contribution in [1.29, 1.82) is 0 Å². The minimum absolute atomic E-state index is 0.0951. The van der Waals surface area contributed by atoms with Gasteiger partial charge in [-0.05, 0) is 77.6 Å². The maximum Gasteiger partial charge on any atom is 0.0582 e. The van der Waals surface area contributed by atoms with Gasteiger partial charge in [0.15, 0.2) is 0 Å². The molecule has 1 nitrogen and oxygen atoms in total. The summed E-state index contributed by atoms with van der Waals surface area (Å²) < 4.78 is 2.51. The summed E-state index contributed by atoms with van der Waals surface area (Å²) in [6.07, 6.45) is 0. The number of aromatic nitrogens is 1. The molecule has 7 rings (SSSR count). The lowest BCUT2D eigenvalue weighted by molar-refractivity contribution is 0.630. The Kier molecular flexibility index (Phi) is 3.81. The zero-order valence-corrected chi connectivity index (χ0v) is 20.1. The van der Waals surface area contributed by atoms with E-state index in [-0.39, 0.29) is 5.41 Å². The quantitative estimate of drug-likeness (QED) is 0.242. The fraction of sp³-hybridized carbons (Fsp3) is 0.152. The minimum Gasteiger partial charge on any atom is -0.309 e. The smallest absolute Gasteiger partial charge is 0.0582 e. The fourth-order valence-corrected chi connectivity index (χ4v) is 6.14. The predicted molar refractivity (Wildman–Crippen MR) is 144 cm³/mol. The summed E-state index contributed by atoms with van der Waals surface area (Å²) in [5, 5.41) is 2.72. The summed E-state index contributed by atoms with van der Waals surface area (Å²) >= 11 is 0. The Morgan fingerprint density at radius 2 is 1.35 bits per heavy atom. The van der Waals surface area contributed by atoms with Gasteiger partial charge in [-0.25, -0.2) is 0 Å². The van der Waals surface area contributed by atoms with Gasteiger partial charge >= 0.3 is 0 Å². The van der Waals surface area contributed by atoms with Crippen LogP contribution in [-0.2, 0) is 5.41 Å². The van der Waals surface area contributed by atoms with Crippen molar-refractivity contribution in [2.45, 2.75) is 33.1 Å². The third-order valence-corrected chi connectivity index (χ3v) is 7.85. The molecule has 0 fully saturated rings. The van der Waals surface area contributed by atoms with E-state index in [2.05, 4.69) is 123 Å². The summed E-state index contributed by atoms with van der Waals surface area (Å²) in [5.74, 6) is 0.